The molecule has 0 bridgehead atoms. The van der Waals surface area contributed by atoms with Crippen LogP contribution in [-0.4, -0.2) is 49.0 Å². The van der Waals surface area contributed by atoms with E-state index in [-0.39, 0.29) is 23.9 Å². The van der Waals surface area contributed by atoms with Crippen molar-refractivity contribution in [2.75, 3.05) is 13.1 Å². The normalized spacial score (nSPS) is 23.8. The Morgan fingerprint density at radius 1 is 1.35 bits per heavy atom. The van der Waals surface area contributed by atoms with Gasteiger partial charge in [-0.3, -0.25) is 4.79 Å². The van der Waals surface area contributed by atoms with E-state index in [4.69, 9.17) is 0 Å². The molecule has 1 aromatic carbocycles. The van der Waals surface area contributed by atoms with Gasteiger partial charge in [-0.1, -0.05) is 18.2 Å². The first-order chi connectivity index (χ1) is 9.32. The number of aliphatic hydroxyl groups is 1. The van der Waals surface area contributed by atoms with Crippen LogP contribution < -0.4 is 5.32 Å². The van der Waals surface area contributed by atoms with Crippen molar-refractivity contribution in [3.63, 3.8) is 0 Å². The Hall–Kier alpha value is -1.44. The van der Waals surface area contributed by atoms with Gasteiger partial charge in [0.15, 0.2) is 0 Å². The standard InChI is InChI=1S/C13H18N2O4S/c1-9-5-3-4-6-13(9)20(18,19)15-7-11(12(17)8-15)14-10(2)16/h3-6,11-12,17H,7-8H2,1-2H3,(H,14,16)/t11-,12-/m1/s1. The molecule has 0 spiro atoms. The van der Waals surface area contributed by atoms with Crippen molar-refractivity contribution in [1.29, 1.82) is 0 Å². The number of carbonyl (C=O) groups is 1. The fraction of sp³-hybridized carbons (Fsp3) is 0.462. The van der Waals surface area contributed by atoms with E-state index in [1.165, 1.54) is 11.2 Å². The number of hydrogen-bond donors (Lipinski definition) is 2. The summed E-state index contributed by atoms with van der Waals surface area (Å²) < 4.78 is 26.3. The second-order valence-corrected chi connectivity index (χ2v) is 6.87. The average Bonchev–Trinajstić information content (AvgIpc) is 2.71. The number of aryl methyl sites for hydroxylation is 1. The molecule has 2 rings (SSSR count). The van der Waals surface area contributed by atoms with Crippen molar-refractivity contribution in [1.82, 2.24) is 9.62 Å². The van der Waals surface area contributed by atoms with Crippen LogP contribution in [0, 0.1) is 6.92 Å². The second kappa shape index (κ2) is 5.51. The first-order valence-corrected chi connectivity index (χ1v) is 7.77. The Bertz CT molecular complexity index is 615. The summed E-state index contributed by atoms with van der Waals surface area (Å²) >= 11 is 0. The molecule has 2 atom stereocenters. The van der Waals surface area contributed by atoms with Crippen LogP contribution >= 0.6 is 0 Å². The molecule has 1 aromatic rings. The van der Waals surface area contributed by atoms with Crippen molar-refractivity contribution in [3.8, 4) is 0 Å². The molecule has 1 heterocycles. The highest BCUT2D eigenvalue weighted by molar-refractivity contribution is 7.89. The van der Waals surface area contributed by atoms with Gasteiger partial charge in [0.1, 0.15) is 0 Å². The molecule has 1 fully saturated rings. The van der Waals surface area contributed by atoms with Crippen LogP contribution in [0.5, 0.6) is 0 Å². The first-order valence-electron chi connectivity index (χ1n) is 6.33. The third kappa shape index (κ3) is 2.84. The number of hydrogen-bond acceptors (Lipinski definition) is 4. The minimum Gasteiger partial charge on any atom is -0.390 e. The summed E-state index contributed by atoms with van der Waals surface area (Å²) in [5.41, 5.74) is 0.657. The molecule has 0 unspecified atom stereocenters. The Kier molecular flexibility index (Phi) is 4.12. The van der Waals surface area contributed by atoms with Gasteiger partial charge in [-0.05, 0) is 18.6 Å². The minimum atomic E-state index is -3.65. The van der Waals surface area contributed by atoms with E-state index in [1.807, 2.05) is 0 Å². The van der Waals surface area contributed by atoms with Gasteiger partial charge in [0, 0.05) is 20.0 Å². The molecule has 1 aliphatic heterocycles. The number of nitrogens with one attached hydrogen (secondary N) is 1. The minimum absolute atomic E-state index is 0.0123. The van der Waals surface area contributed by atoms with Crippen molar-refractivity contribution < 1.29 is 18.3 Å². The summed E-state index contributed by atoms with van der Waals surface area (Å²) in [6.07, 6.45) is -0.891. The van der Waals surface area contributed by atoms with Crippen LogP contribution in [0.2, 0.25) is 0 Å². The molecule has 2 N–H and O–H groups in total. The van der Waals surface area contributed by atoms with E-state index in [1.54, 1.807) is 31.2 Å². The zero-order chi connectivity index (χ0) is 14.9. The van der Waals surface area contributed by atoms with Crippen LogP contribution in [0.4, 0.5) is 0 Å². The largest absolute Gasteiger partial charge is 0.390 e. The van der Waals surface area contributed by atoms with E-state index in [2.05, 4.69) is 5.32 Å². The Morgan fingerprint density at radius 2 is 2.00 bits per heavy atom. The number of nitrogens with zero attached hydrogens (tertiary/aromatic N) is 1. The first kappa shape index (κ1) is 15.0. The number of sulfonamides is 1. The fourth-order valence-electron chi connectivity index (χ4n) is 2.34. The smallest absolute Gasteiger partial charge is 0.243 e. The predicted molar refractivity (Wildman–Crippen MR) is 73.5 cm³/mol. The number of amides is 1. The predicted octanol–water partition coefficient (Wildman–Crippen LogP) is -0.135. The highest BCUT2D eigenvalue weighted by atomic mass is 32.2. The number of rotatable bonds is 3. The average molecular weight is 298 g/mol. The zero-order valence-corrected chi connectivity index (χ0v) is 12.2. The lowest BCUT2D eigenvalue weighted by Gasteiger charge is -2.17. The van der Waals surface area contributed by atoms with E-state index in [0.29, 0.717) is 5.56 Å². The third-order valence-electron chi connectivity index (χ3n) is 3.36. The van der Waals surface area contributed by atoms with Gasteiger partial charge in [0.2, 0.25) is 15.9 Å². The van der Waals surface area contributed by atoms with Crippen molar-refractivity contribution in [2.24, 2.45) is 0 Å². The van der Waals surface area contributed by atoms with Crippen LogP contribution in [0.15, 0.2) is 29.2 Å². The van der Waals surface area contributed by atoms with Gasteiger partial charge >= 0.3 is 0 Å². The van der Waals surface area contributed by atoms with Gasteiger partial charge in [0.25, 0.3) is 0 Å². The van der Waals surface area contributed by atoms with Crippen LogP contribution in [-0.2, 0) is 14.8 Å². The summed E-state index contributed by atoms with van der Waals surface area (Å²) in [4.78, 5) is 11.3. The summed E-state index contributed by atoms with van der Waals surface area (Å²) in [7, 11) is -3.65. The molecule has 20 heavy (non-hydrogen) atoms. The monoisotopic (exact) mass is 298 g/mol. The number of benzene rings is 1. The van der Waals surface area contributed by atoms with E-state index in [9.17, 15) is 18.3 Å². The number of aliphatic hydroxyl groups excluding tert-OH is 1. The Labute approximate surface area is 118 Å². The Morgan fingerprint density at radius 3 is 2.60 bits per heavy atom. The fourth-order valence-corrected chi connectivity index (χ4v) is 4.05. The number of carbonyl (C=O) groups excluding carboxylic acids is 1. The molecule has 1 aliphatic rings. The maximum Gasteiger partial charge on any atom is 0.243 e. The van der Waals surface area contributed by atoms with Crippen LogP contribution in [0.25, 0.3) is 0 Å². The summed E-state index contributed by atoms with van der Waals surface area (Å²) in [6, 6.07) is 6.14. The lowest BCUT2D eigenvalue weighted by atomic mass is 10.2. The summed E-state index contributed by atoms with van der Waals surface area (Å²) in [6.45, 7) is 3.13. The highest BCUT2D eigenvalue weighted by Crippen LogP contribution is 2.23. The Balaban J connectivity index is 2.24. The maximum atomic E-state index is 12.5. The van der Waals surface area contributed by atoms with Crippen molar-refractivity contribution in [2.45, 2.75) is 30.9 Å². The third-order valence-corrected chi connectivity index (χ3v) is 5.35. The second-order valence-electron chi connectivity index (χ2n) is 4.96. The zero-order valence-electron chi connectivity index (χ0n) is 11.4. The quantitative estimate of drug-likeness (QED) is 0.813. The molecule has 0 aromatic heterocycles. The van der Waals surface area contributed by atoms with E-state index >= 15 is 0 Å². The molecular formula is C13H18N2O4S. The molecule has 1 saturated heterocycles. The SMILES string of the molecule is CC(=O)N[C@@H]1CN(S(=O)(=O)c2ccccc2C)C[C@H]1O. The molecule has 0 radical (unpaired) electrons. The van der Waals surface area contributed by atoms with Gasteiger partial charge in [-0.15, -0.1) is 0 Å². The molecule has 6 nitrogen and oxygen atoms in total. The molecule has 110 valence electrons. The lowest BCUT2D eigenvalue weighted by molar-refractivity contribution is -0.120. The van der Waals surface area contributed by atoms with Crippen molar-refractivity contribution >= 4 is 15.9 Å². The summed E-state index contributed by atoms with van der Waals surface area (Å²) in [5, 5.41) is 12.4. The van der Waals surface area contributed by atoms with Gasteiger partial charge in [-0.25, -0.2) is 8.42 Å². The molecule has 0 aliphatic carbocycles. The molecule has 7 heteroatoms. The topological polar surface area (TPSA) is 86.7 Å². The molecule has 1 amide bonds. The number of β-amino-alcohol motifs (C(OH)–C–C–N with tert-alkyl or cyclic N) is 1. The maximum absolute atomic E-state index is 12.5. The van der Waals surface area contributed by atoms with Crippen molar-refractivity contribution in [3.05, 3.63) is 29.8 Å². The van der Waals surface area contributed by atoms with Gasteiger partial charge in [0.05, 0.1) is 17.0 Å². The van der Waals surface area contributed by atoms with Crippen LogP contribution in [0.1, 0.15) is 12.5 Å². The van der Waals surface area contributed by atoms with Gasteiger partial charge in [-0.2, -0.15) is 4.31 Å². The lowest BCUT2D eigenvalue weighted by Crippen LogP contribution is -2.41. The van der Waals surface area contributed by atoms with Crippen LogP contribution in [0.3, 0.4) is 0 Å². The van der Waals surface area contributed by atoms with Gasteiger partial charge < -0.3 is 10.4 Å². The van der Waals surface area contributed by atoms with E-state index < -0.39 is 22.2 Å². The summed E-state index contributed by atoms with van der Waals surface area (Å²) in [5.74, 6) is -0.288. The molecular weight excluding hydrogens is 280 g/mol. The van der Waals surface area contributed by atoms with E-state index in [0.717, 1.165) is 0 Å². The highest BCUT2D eigenvalue weighted by Gasteiger charge is 2.39. The molecule has 0 saturated carbocycles.